The normalized spacial score (nSPS) is 12.8. The van der Waals surface area contributed by atoms with Gasteiger partial charge in [-0.2, -0.15) is 0 Å². The number of amidine groups is 1. The van der Waals surface area contributed by atoms with Crippen LogP contribution in [-0.2, 0) is 23.2 Å². The summed E-state index contributed by atoms with van der Waals surface area (Å²) in [7, 11) is 2.74. The fourth-order valence-electron chi connectivity index (χ4n) is 4.47. The first kappa shape index (κ1) is 27.6. The second kappa shape index (κ2) is 10.7. The number of ketones is 1. The molecule has 204 valence electrons. The Hall–Kier alpha value is -4.47. The number of carbonyl (C=O) groups excluding carboxylic acids is 1. The number of nitrogens with zero attached hydrogens (tertiary/aromatic N) is 2. The maximum atomic E-state index is 15.1. The van der Waals surface area contributed by atoms with Gasteiger partial charge in [0.25, 0.3) is 0 Å². The highest BCUT2D eigenvalue weighted by atomic mass is 19.1. The number of rotatable bonds is 9. The molecule has 10 heteroatoms. The van der Waals surface area contributed by atoms with E-state index in [-0.39, 0.29) is 53.6 Å². The van der Waals surface area contributed by atoms with E-state index in [4.69, 9.17) is 24.7 Å². The molecule has 3 aromatic rings. The number of carbonyl (C=O) groups is 2. The van der Waals surface area contributed by atoms with Crippen LogP contribution >= 0.6 is 0 Å². The van der Waals surface area contributed by atoms with Crippen LogP contribution < -0.4 is 14.2 Å². The minimum atomic E-state index is -0.946. The maximum Gasteiger partial charge on any atom is 0.307 e. The van der Waals surface area contributed by atoms with Crippen molar-refractivity contribution < 1.29 is 33.3 Å². The number of halogens is 1. The molecule has 0 atom stereocenters. The molecule has 0 spiro atoms. The zero-order chi connectivity index (χ0) is 28.5. The molecular formula is C29H30FN3O6. The molecule has 1 aliphatic heterocycles. The quantitative estimate of drug-likeness (QED) is 0.368. The number of hydrogen-bond donors (Lipinski definition) is 2. The van der Waals surface area contributed by atoms with Crippen molar-refractivity contribution in [2.75, 3.05) is 20.8 Å². The molecule has 2 heterocycles. The van der Waals surface area contributed by atoms with Crippen molar-refractivity contribution in [1.29, 1.82) is 5.41 Å². The van der Waals surface area contributed by atoms with Crippen molar-refractivity contribution in [3.05, 3.63) is 76.2 Å². The van der Waals surface area contributed by atoms with Crippen molar-refractivity contribution in [2.24, 2.45) is 0 Å². The lowest BCUT2D eigenvalue weighted by molar-refractivity contribution is -0.136. The van der Waals surface area contributed by atoms with Gasteiger partial charge >= 0.3 is 5.97 Å². The number of carboxylic acid groups (broad SMARTS) is 1. The predicted octanol–water partition coefficient (Wildman–Crippen LogP) is 4.98. The molecule has 0 unspecified atom stereocenters. The van der Waals surface area contributed by atoms with Crippen LogP contribution in [0.5, 0.6) is 23.1 Å². The number of aliphatic carboxylic acids is 1. The van der Waals surface area contributed by atoms with Crippen LogP contribution in [0.3, 0.4) is 0 Å². The second-order valence-electron chi connectivity index (χ2n) is 10.2. The van der Waals surface area contributed by atoms with Gasteiger partial charge in [-0.3, -0.25) is 15.0 Å². The third-order valence-electron chi connectivity index (χ3n) is 6.42. The van der Waals surface area contributed by atoms with Crippen LogP contribution in [0, 0.1) is 11.2 Å². The number of aromatic nitrogens is 1. The van der Waals surface area contributed by atoms with Crippen molar-refractivity contribution >= 4 is 17.6 Å². The Bertz CT molecular complexity index is 1450. The smallest absolute Gasteiger partial charge is 0.307 e. The summed E-state index contributed by atoms with van der Waals surface area (Å²) < 4.78 is 31.4. The van der Waals surface area contributed by atoms with Crippen LogP contribution in [0.1, 0.15) is 53.4 Å². The van der Waals surface area contributed by atoms with Crippen LogP contribution in [0.25, 0.3) is 0 Å². The van der Waals surface area contributed by atoms with Crippen LogP contribution in [-0.4, -0.2) is 53.3 Å². The molecule has 1 aliphatic rings. The monoisotopic (exact) mass is 535 g/mol. The first-order valence-corrected chi connectivity index (χ1v) is 12.2. The minimum Gasteiger partial charge on any atom is -0.493 e. The number of pyridine rings is 1. The zero-order valence-corrected chi connectivity index (χ0v) is 22.4. The average Bonchev–Trinajstić information content (AvgIpc) is 3.19. The third-order valence-corrected chi connectivity index (χ3v) is 6.42. The lowest BCUT2D eigenvalue weighted by Gasteiger charge is -2.24. The molecule has 0 radical (unpaired) electrons. The summed E-state index contributed by atoms with van der Waals surface area (Å²) in [5.74, 6) is -1.00. The van der Waals surface area contributed by atoms with Gasteiger partial charge in [0.1, 0.15) is 11.6 Å². The van der Waals surface area contributed by atoms with E-state index in [2.05, 4.69) is 4.98 Å². The Balaban J connectivity index is 1.55. The summed E-state index contributed by atoms with van der Waals surface area (Å²) in [6, 6.07) is 9.97. The summed E-state index contributed by atoms with van der Waals surface area (Å²) in [4.78, 5) is 29.9. The number of hydrogen-bond acceptors (Lipinski definition) is 7. The highest BCUT2D eigenvalue weighted by molar-refractivity contribution is 6.06. The molecule has 2 aromatic carbocycles. The Labute approximate surface area is 225 Å². The summed E-state index contributed by atoms with van der Waals surface area (Å²) in [5, 5.41) is 17.5. The summed E-state index contributed by atoms with van der Waals surface area (Å²) in [5.41, 5.74) is 2.01. The standard InChI is InChI=1S/C29H30FN3O6/c1-29(2,3)19-11-17(7-8-21(19)39-23-9-6-16(13-32-23)10-24(35)36)20(34)15-33-14-18-12-22(37-4)27(38-5)26(30)25(18)28(33)31/h6-9,11-13,31H,10,14-15H2,1-5H3,(H,35,36). The van der Waals surface area contributed by atoms with Crippen LogP contribution in [0.2, 0.25) is 0 Å². The molecule has 0 saturated heterocycles. The second-order valence-corrected chi connectivity index (χ2v) is 10.2. The number of fused-ring (bicyclic) bond motifs is 1. The Morgan fingerprint density at radius 2 is 1.85 bits per heavy atom. The van der Waals surface area contributed by atoms with E-state index in [9.17, 15) is 9.59 Å². The fraction of sp³-hybridized carbons (Fsp3) is 0.310. The molecular weight excluding hydrogens is 505 g/mol. The largest absolute Gasteiger partial charge is 0.493 e. The van der Waals surface area contributed by atoms with E-state index < -0.39 is 11.8 Å². The first-order valence-electron chi connectivity index (χ1n) is 12.2. The number of methoxy groups -OCH3 is 2. The molecule has 0 bridgehead atoms. The number of carboxylic acids is 1. The fourth-order valence-corrected chi connectivity index (χ4v) is 4.47. The Morgan fingerprint density at radius 3 is 2.44 bits per heavy atom. The van der Waals surface area contributed by atoms with Crippen molar-refractivity contribution in [3.8, 4) is 23.1 Å². The van der Waals surface area contributed by atoms with Gasteiger partial charge in [0.15, 0.2) is 23.1 Å². The molecule has 1 aromatic heterocycles. The van der Waals surface area contributed by atoms with E-state index in [1.54, 1.807) is 36.4 Å². The lowest BCUT2D eigenvalue weighted by Crippen LogP contribution is -2.30. The number of nitrogens with one attached hydrogen (secondary N) is 1. The summed E-state index contributed by atoms with van der Waals surface area (Å²) in [6.45, 7) is 6.04. The van der Waals surface area contributed by atoms with Crippen molar-refractivity contribution in [1.82, 2.24) is 9.88 Å². The van der Waals surface area contributed by atoms with Gasteiger partial charge in [-0.1, -0.05) is 26.8 Å². The van der Waals surface area contributed by atoms with E-state index in [0.29, 0.717) is 28.3 Å². The molecule has 0 fully saturated rings. The number of benzene rings is 2. The molecule has 0 saturated carbocycles. The van der Waals surface area contributed by atoms with Gasteiger partial charge in [0.05, 0.1) is 32.7 Å². The minimum absolute atomic E-state index is 0.0781. The van der Waals surface area contributed by atoms with Gasteiger partial charge in [-0.05, 0) is 40.8 Å². The lowest BCUT2D eigenvalue weighted by atomic mass is 9.85. The van der Waals surface area contributed by atoms with E-state index in [0.717, 1.165) is 5.56 Å². The highest BCUT2D eigenvalue weighted by Gasteiger charge is 2.33. The zero-order valence-electron chi connectivity index (χ0n) is 22.4. The Morgan fingerprint density at radius 1 is 1.10 bits per heavy atom. The molecule has 0 amide bonds. The average molecular weight is 536 g/mol. The molecule has 9 nitrogen and oxygen atoms in total. The number of ether oxygens (including phenoxy) is 3. The first-order chi connectivity index (χ1) is 18.4. The molecule has 0 aliphatic carbocycles. The maximum absolute atomic E-state index is 15.1. The molecule has 39 heavy (non-hydrogen) atoms. The highest BCUT2D eigenvalue weighted by Crippen LogP contribution is 2.39. The van der Waals surface area contributed by atoms with Gasteiger partial charge < -0.3 is 24.2 Å². The van der Waals surface area contributed by atoms with E-state index in [1.165, 1.54) is 25.3 Å². The van der Waals surface area contributed by atoms with Gasteiger partial charge in [0, 0.05) is 29.9 Å². The topological polar surface area (TPSA) is 122 Å². The summed E-state index contributed by atoms with van der Waals surface area (Å²) >= 11 is 0. The third kappa shape index (κ3) is 5.69. The van der Waals surface area contributed by atoms with Gasteiger partial charge in [-0.25, -0.2) is 9.37 Å². The van der Waals surface area contributed by atoms with E-state index in [1.807, 2.05) is 20.8 Å². The van der Waals surface area contributed by atoms with Crippen LogP contribution in [0.4, 0.5) is 4.39 Å². The summed E-state index contributed by atoms with van der Waals surface area (Å²) in [6.07, 6.45) is 1.32. The van der Waals surface area contributed by atoms with E-state index >= 15 is 4.39 Å². The van der Waals surface area contributed by atoms with Gasteiger partial charge in [-0.15, -0.1) is 0 Å². The van der Waals surface area contributed by atoms with Crippen molar-refractivity contribution in [3.63, 3.8) is 0 Å². The van der Waals surface area contributed by atoms with Gasteiger partial charge in [0.2, 0.25) is 5.88 Å². The molecule has 2 N–H and O–H groups in total. The SMILES string of the molecule is COc1cc2c(c(F)c1OC)C(=N)N(CC(=O)c1ccc(Oc3ccc(CC(=O)O)cn3)c(C(C)(C)C)c1)C2. The predicted molar refractivity (Wildman–Crippen MR) is 142 cm³/mol. The number of Topliss-reactive ketones (excluding diaryl/α,β-unsaturated/α-hetero) is 1. The van der Waals surface area contributed by atoms with Crippen LogP contribution in [0.15, 0.2) is 42.6 Å². The molecule has 4 rings (SSSR count). The Kier molecular flexibility index (Phi) is 7.58. The van der Waals surface area contributed by atoms with Crippen molar-refractivity contribution in [2.45, 2.75) is 39.2 Å².